The zero-order valence-electron chi connectivity index (χ0n) is 17.9. The third-order valence-corrected chi connectivity index (χ3v) is 12.1. The van der Waals surface area contributed by atoms with Gasteiger partial charge in [0.1, 0.15) is 11.5 Å². The SMILES string of the molecule is COc1ccc2c(c1)[nH]c1cc(O[Si](C(C)C)(C(C)C)C(C)C)c(C)cc12. The molecule has 0 bridgehead atoms. The van der Waals surface area contributed by atoms with Crippen molar-refractivity contribution in [3.63, 3.8) is 0 Å². The van der Waals surface area contributed by atoms with E-state index in [1.165, 1.54) is 16.3 Å². The van der Waals surface area contributed by atoms with E-state index in [0.717, 1.165) is 22.5 Å². The number of nitrogens with one attached hydrogen (secondary N) is 1. The molecule has 3 aromatic rings. The predicted molar refractivity (Wildman–Crippen MR) is 119 cm³/mol. The lowest BCUT2D eigenvalue weighted by Crippen LogP contribution is -2.50. The Bertz CT molecular complexity index is 934. The lowest BCUT2D eigenvalue weighted by molar-refractivity contribution is 0.415. The molecule has 0 aliphatic heterocycles. The second-order valence-electron chi connectivity index (χ2n) is 8.62. The Kier molecular flexibility index (Phi) is 5.30. The molecule has 0 unspecified atom stereocenters. The second-order valence-corrected chi connectivity index (χ2v) is 14.0. The van der Waals surface area contributed by atoms with E-state index in [1.807, 2.05) is 6.07 Å². The number of fused-ring (bicyclic) bond motifs is 3. The highest BCUT2D eigenvalue weighted by Crippen LogP contribution is 2.44. The van der Waals surface area contributed by atoms with Crippen molar-refractivity contribution in [2.24, 2.45) is 0 Å². The van der Waals surface area contributed by atoms with Crippen LogP contribution in [-0.2, 0) is 0 Å². The molecule has 3 nitrogen and oxygen atoms in total. The van der Waals surface area contributed by atoms with Crippen LogP contribution in [0.3, 0.4) is 0 Å². The monoisotopic (exact) mass is 383 g/mol. The summed E-state index contributed by atoms with van der Waals surface area (Å²) >= 11 is 0. The molecule has 4 heteroatoms. The van der Waals surface area contributed by atoms with Crippen molar-refractivity contribution in [1.82, 2.24) is 4.98 Å². The largest absolute Gasteiger partial charge is 0.542 e. The van der Waals surface area contributed by atoms with E-state index in [1.54, 1.807) is 7.11 Å². The molecule has 2 aromatic carbocycles. The molecule has 0 amide bonds. The first-order chi connectivity index (χ1) is 12.7. The summed E-state index contributed by atoms with van der Waals surface area (Å²) in [4.78, 5) is 3.55. The number of hydrogen-bond acceptors (Lipinski definition) is 2. The number of methoxy groups -OCH3 is 1. The normalized spacial score (nSPS) is 12.7. The van der Waals surface area contributed by atoms with Gasteiger partial charge >= 0.3 is 0 Å². The molecular weight excluding hydrogens is 350 g/mol. The smallest absolute Gasteiger partial charge is 0.258 e. The van der Waals surface area contributed by atoms with Crippen LogP contribution in [0, 0.1) is 6.92 Å². The average molecular weight is 384 g/mol. The van der Waals surface area contributed by atoms with Gasteiger partial charge in [0.15, 0.2) is 0 Å². The third-order valence-electron chi connectivity index (χ3n) is 6.10. The van der Waals surface area contributed by atoms with Crippen LogP contribution in [0.5, 0.6) is 11.5 Å². The Hall–Kier alpha value is -1.94. The first kappa shape index (κ1) is 19.8. The second kappa shape index (κ2) is 7.23. The molecule has 1 N–H and O–H groups in total. The van der Waals surface area contributed by atoms with Crippen molar-refractivity contribution in [2.75, 3.05) is 7.11 Å². The highest BCUT2D eigenvalue weighted by molar-refractivity contribution is 6.78. The average Bonchev–Trinajstić information content (AvgIpc) is 2.94. The highest BCUT2D eigenvalue weighted by atomic mass is 28.4. The maximum Gasteiger partial charge on any atom is 0.258 e. The minimum atomic E-state index is -1.97. The van der Waals surface area contributed by atoms with Crippen molar-refractivity contribution < 1.29 is 9.16 Å². The van der Waals surface area contributed by atoms with Crippen LogP contribution in [0.1, 0.15) is 47.1 Å². The van der Waals surface area contributed by atoms with E-state index in [2.05, 4.69) is 77.7 Å². The van der Waals surface area contributed by atoms with E-state index in [-0.39, 0.29) is 0 Å². The fourth-order valence-electron chi connectivity index (χ4n) is 4.80. The van der Waals surface area contributed by atoms with Gasteiger partial charge in [-0.25, -0.2) is 0 Å². The number of aromatic nitrogens is 1. The lowest BCUT2D eigenvalue weighted by Gasteiger charge is -2.42. The van der Waals surface area contributed by atoms with Crippen LogP contribution in [0.15, 0.2) is 30.3 Å². The molecule has 3 rings (SSSR count). The fourth-order valence-corrected chi connectivity index (χ4v) is 10.1. The third kappa shape index (κ3) is 3.24. The van der Waals surface area contributed by atoms with Gasteiger partial charge in [0.25, 0.3) is 8.32 Å². The van der Waals surface area contributed by atoms with Crippen molar-refractivity contribution in [1.29, 1.82) is 0 Å². The van der Waals surface area contributed by atoms with E-state index in [9.17, 15) is 0 Å². The molecule has 0 aliphatic rings. The standard InChI is InChI=1S/C23H33NO2Si/c1-14(2)27(15(3)4,16(5)6)26-23-13-22-20(11-17(23)7)19-10-9-18(25-8)12-21(19)24-22/h9-16,24H,1-8H3. The van der Waals surface area contributed by atoms with Gasteiger partial charge in [-0.05, 0) is 47.3 Å². The lowest BCUT2D eigenvalue weighted by atomic mass is 10.1. The molecule has 146 valence electrons. The first-order valence-electron chi connectivity index (χ1n) is 9.99. The van der Waals surface area contributed by atoms with Crippen LogP contribution in [-0.4, -0.2) is 20.4 Å². The van der Waals surface area contributed by atoms with Crippen molar-refractivity contribution in [2.45, 2.75) is 65.1 Å². The molecule has 0 aliphatic carbocycles. The van der Waals surface area contributed by atoms with E-state index in [4.69, 9.17) is 9.16 Å². The number of aryl methyl sites for hydroxylation is 1. The van der Waals surface area contributed by atoms with Crippen LogP contribution in [0.4, 0.5) is 0 Å². The Morgan fingerprint density at radius 2 is 1.41 bits per heavy atom. The zero-order chi connectivity index (χ0) is 19.9. The van der Waals surface area contributed by atoms with Gasteiger partial charge in [0.2, 0.25) is 0 Å². The van der Waals surface area contributed by atoms with Crippen molar-refractivity contribution in [3.05, 3.63) is 35.9 Å². The molecule has 0 saturated heterocycles. The Morgan fingerprint density at radius 1 is 0.815 bits per heavy atom. The van der Waals surface area contributed by atoms with Gasteiger partial charge in [0, 0.05) is 22.9 Å². The summed E-state index contributed by atoms with van der Waals surface area (Å²) in [5, 5.41) is 2.46. The van der Waals surface area contributed by atoms with Gasteiger partial charge in [0.05, 0.1) is 18.1 Å². The molecule has 27 heavy (non-hydrogen) atoms. The Labute approximate surface area is 164 Å². The molecule has 0 fully saturated rings. The van der Waals surface area contributed by atoms with E-state index in [0.29, 0.717) is 16.6 Å². The molecule has 1 aromatic heterocycles. The molecular formula is C23H33NO2Si. The van der Waals surface area contributed by atoms with Crippen LogP contribution in [0.2, 0.25) is 16.6 Å². The number of aromatic amines is 1. The maximum atomic E-state index is 6.96. The van der Waals surface area contributed by atoms with Gasteiger partial charge in [-0.1, -0.05) is 41.5 Å². The number of hydrogen-bond donors (Lipinski definition) is 1. The fraction of sp³-hybridized carbons (Fsp3) is 0.478. The minimum absolute atomic E-state index is 0.555. The summed E-state index contributed by atoms with van der Waals surface area (Å²) in [5.41, 5.74) is 5.09. The molecule has 0 spiro atoms. The van der Waals surface area contributed by atoms with E-state index < -0.39 is 8.32 Å². The van der Waals surface area contributed by atoms with E-state index >= 15 is 0 Å². The van der Waals surface area contributed by atoms with Crippen LogP contribution >= 0.6 is 0 Å². The summed E-state index contributed by atoms with van der Waals surface area (Å²) in [6, 6.07) is 10.7. The number of H-pyrrole nitrogens is 1. The molecule has 1 heterocycles. The number of ether oxygens (including phenoxy) is 1. The van der Waals surface area contributed by atoms with Gasteiger partial charge in [-0.3, -0.25) is 0 Å². The first-order valence-corrected chi connectivity index (χ1v) is 12.1. The number of rotatable bonds is 6. The summed E-state index contributed by atoms with van der Waals surface area (Å²) in [7, 11) is -0.273. The van der Waals surface area contributed by atoms with Gasteiger partial charge in [-0.2, -0.15) is 0 Å². The summed E-state index contributed by atoms with van der Waals surface area (Å²) in [5.74, 6) is 1.90. The number of benzene rings is 2. The quantitative estimate of drug-likeness (QED) is 0.457. The summed E-state index contributed by atoms with van der Waals surface area (Å²) in [6.45, 7) is 16.1. The maximum absolute atomic E-state index is 6.96. The van der Waals surface area contributed by atoms with Crippen molar-refractivity contribution in [3.8, 4) is 11.5 Å². The summed E-state index contributed by atoms with van der Waals surface area (Å²) in [6.07, 6.45) is 0. The van der Waals surface area contributed by atoms with Crippen LogP contribution in [0.25, 0.3) is 21.8 Å². The summed E-state index contributed by atoms with van der Waals surface area (Å²) < 4.78 is 12.3. The predicted octanol–water partition coefficient (Wildman–Crippen LogP) is 7.19. The molecule has 0 saturated carbocycles. The van der Waals surface area contributed by atoms with Gasteiger partial charge in [-0.15, -0.1) is 0 Å². The minimum Gasteiger partial charge on any atom is -0.542 e. The Morgan fingerprint density at radius 3 is 1.96 bits per heavy atom. The molecule has 0 atom stereocenters. The van der Waals surface area contributed by atoms with Gasteiger partial charge < -0.3 is 14.1 Å². The highest BCUT2D eigenvalue weighted by Gasteiger charge is 2.47. The van der Waals surface area contributed by atoms with Crippen LogP contribution < -0.4 is 9.16 Å². The zero-order valence-corrected chi connectivity index (χ0v) is 18.9. The Balaban J connectivity index is 2.14. The van der Waals surface area contributed by atoms with Crippen molar-refractivity contribution >= 4 is 30.1 Å². The topological polar surface area (TPSA) is 34.2 Å². The molecule has 0 radical (unpaired) electrons.